The second-order valence-electron chi connectivity index (χ2n) is 10.9. The molecule has 0 spiro atoms. The average Bonchev–Trinajstić information content (AvgIpc) is 3.60. The van der Waals surface area contributed by atoms with E-state index in [4.69, 9.17) is 23.9 Å². The van der Waals surface area contributed by atoms with Gasteiger partial charge in [-0.2, -0.15) is 5.26 Å². The third kappa shape index (κ3) is 9.45. The molecule has 0 aliphatic heterocycles. The molecule has 0 radical (unpaired) electrons. The van der Waals surface area contributed by atoms with Crippen LogP contribution in [0, 0.1) is 11.3 Å². The largest absolute Gasteiger partial charge is 0.497 e. The molecule has 0 aliphatic rings. The van der Waals surface area contributed by atoms with Crippen LogP contribution in [0.25, 0.3) is 34.0 Å². The van der Waals surface area contributed by atoms with Crippen molar-refractivity contribution in [3.05, 3.63) is 103 Å². The quantitative estimate of drug-likeness (QED) is 0.0980. The van der Waals surface area contributed by atoms with Crippen LogP contribution >= 0.6 is 0 Å². The number of aromatic nitrogens is 2. The summed E-state index contributed by atoms with van der Waals surface area (Å²) in [6.07, 6.45) is 9.51. The summed E-state index contributed by atoms with van der Waals surface area (Å²) in [7, 11) is 1.68. The van der Waals surface area contributed by atoms with Gasteiger partial charge < -0.3 is 18.6 Å². The van der Waals surface area contributed by atoms with Crippen LogP contribution < -0.4 is 14.2 Å². The maximum atomic E-state index is 8.96. The lowest BCUT2D eigenvalue weighted by atomic mass is 10.1. The number of benzene rings is 4. The summed E-state index contributed by atoms with van der Waals surface area (Å²) >= 11 is 0. The van der Waals surface area contributed by atoms with E-state index in [-0.39, 0.29) is 0 Å². The van der Waals surface area contributed by atoms with Crippen molar-refractivity contribution < 1.29 is 18.6 Å². The third-order valence-corrected chi connectivity index (χ3v) is 7.64. The van der Waals surface area contributed by atoms with Crippen molar-refractivity contribution in [1.82, 2.24) is 10.2 Å². The topological polar surface area (TPSA) is 90.4 Å². The highest BCUT2D eigenvalue weighted by atomic mass is 16.5. The number of nitrogens with zero attached hydrogens (tertiary/aromatic N) is 3. The molecular weight excluding hydrogens is 562 g/mol. The van der Waals surface area contributed by atoms with Crippen LogP contribution in [0.4, 0.5) is 0 Å². The Labute approximate surface area is 265 Å². The average molecular weight is 602 g/mol. The Morgan fingerprint density at radius 3 is 1.31 bits per heavy atom. The Morgan fingerprint density at radius 2 is 0.889 bits per heavy atom. The molecular formula is C38H39N3O4. The van der Waals surface area contributed by atoms with Crippen LogP contribution in [0.2, 0.25) is 0 Å². The third-order valence-electron chi connectivity index (χ3n) is 7.64. The van der Waals surface area contributed by atoms with Crippen molar-refractivity contribution in [2.24, 2.45) is 0 Å². The summed E-state index contributed by atoms with van der Waals surface area (Å²) < 4.78 is 22.9. The summed E-state index contributed by atoms with van der Waals surface area (Å²) in [5, 5.41) is 17.3. The highest BCUT2D eigenvalue weighted by Crippen LogP contribution is 2.27. The number of ether oxygens (including phenoxy) is 3. The first-order valence-corrected chi connectivity index (χ1v) is 15.7. The Hall–Kier alpha value is -5.09. The van der Waals surface area contributed by atoms with Crippen molar-refractivity contribution in [3.63, 3.8) is 0 Å². The molecule has 7 nitrogen and oxygen atoms in total. The van der Waals surface area contributed by atoms with E-state index >= 15 is 0 Å². The molecule has 5 rings (SSSR count). The van der Waals surface area contributed by atoms with Gasteiger partial charge in [-0.05, 0) is 96.8 Å². The Balaban J connectivity index is 0.881. The fourth-order valence-electron chi connectivity index (χ4n) is 5.01. The summed E-state index contributed by atoms with van der Waals surface area (Å²) in [5.74, 6) is 3.49. The summed E-state index contributed by atoms with van der Waals surface area (Å²) in [5.41, 5.74) is 4.54. The van der Waals surface area contributed by atoms with Gasteiger partial charge in [0.15, 0.2) is 0 Å². The van der Waals surface area contributed by atoms with Crippen LogP contribution in [0.5, 0.6) is 17.2 Å². The van der Waals surface area contributed by atoms with E-state index in [1.165, 1.54) is 49.7 Å². The van der Waals surface area contributed by atoms with E-state index in [0.717, 1.165) is 47.8 Å². The van der Waals surface area contributed by atoms with Crippen LogP contribution in [0.1, 0.15) is 56.9 Å². The molecule has 0 saturated heterocycles. The van der Waals surface area contributed by atoms with Crippen LogP contribution in [0.15, 0.2) is 101 Å². The zero-order valence-corrected chi connectivity index (χ0v) is 25.8. The lowest BCUT2D eigenvalue weighted by Crippen LogP contribution is -1.98. The van der Waals surface area contributed by atoms with Gasteiger partial charge in [-0.3, -0.25) is 0 Å². The van der Waals surface area contributed by atoms with Gasteiger partial charge in [0, 0.05) is 11.1 Å². The second kappa shape index (κ2) is 16.7. The Morgan fingerprint density at radius 1 is 0.511 bits per heavy atom. The SMILES string of the molecule is COc1ccc(-c2ccc(OCCCCCCCCCCOc3ccc(-c4nnc(-c5ccc(C#N)cc5)o4)cc3)cc2)cc1. The minimum absolute atomic E-state index is 0.424. The van der Waals surface area contributed by atoms with Gasteiger partial charge in [0.2, 0.25) is 11.8 Å². The Bertz CT molecular complexity index is 1620. The molecule has 45 heavy (non-hydrogen) atoms. The Kier molecular flexibility index (Phi) is 11.6. The van der Waals surface area contributed by atoms with Crippen molar-refractivity contribution >= 4 is 0 Å². The van der Waals surface area contributed by atoms with Crippen LogP contribution in [-0.2, 0) is 0 Å². The van der Waals surface area contributed by atoms with E-state index in [1.807, 2.05) is 48.5 Å². The normalized spacial score (nSPS) is 10.8. The molecule has 0 bridgehead atoms. The fraction of sp³-hybridized carbons (Fsp3) is 0.289. The molecule has 0 amide bonds. The van der Waals surface area contributed by atoms with Crippen molar-refractivity contribution in [3.8, 4) is 57.4 Å². The number of nitriles is 1. The number of hydrogen-bond donors (Lipinski definition) is 0. The van der Waals surface area contributed by atoms with Gasteiger partial charge in [-0.1, -0.05) is 62.8 Å². The number of methoxy groups -OCH3 is 1. The minimum Gasteiger partial charge on any atom is -0.497 e. The number of rotatable bonds is 17. The molecule has 0 fully saturated rings. The molecule has 0 N–H and O–H groups in total. The van der Waals surface area contributed by atoms with Gasteiger partial charge >= 0.3 is 0 Å². The summed E-state index contributed by atoms with van der Waals surface area (Å²) in [6, 6.07) is 33.3. The molecule has 0 atom stereocenters. The van der Waals surface area contributed by atoms with E-state index in [2.05, 4.69) is 40.5 Å². The molecule has 0 aliphatic carbocycles. The highest BCUT2D eigenvalue weighted by molar-refractivity contribution is 5.65. The maximum Gasteiger partial charge on any atom is 0.248 e. The molecule has 0 saturated carbocycles. The fourth-order valence-corrected chi connectivity index (χ4v) is 5.01. The second-order valence-corrected chi connectivity index (χ2v) is 10.9. The molecule has 1 aromatic heterocycles. The van der Waals surface area contributed by atoms with E-state index in [0.29, 0.717) is 24.0 Å². The number of unbranched alkanes of at least 4 members (excludes halogenated alkanes) is 7. The molecule has 1 heterocycles. The standard InChI is InChI=1S/C38H39N3O4/c1-42-34-20-14-30(15-21-34)31-16-22-35(23-17-31)43-26-8-6-4-2-3-5-7-9-27-44-36-24-18-33(19-25-36)38-41-40-37(45-38)32-12-10-29(28-39)11-13-32/h10-25H,2-9,26-27H2,1H3. The van der Waals surface area contributed by atoms with E-state index in [1.54, 1.807) is 31.4 Å². The molecule has 5 aromatic rings. The van der Waals surface area contributed by atoms with Gasteiger partial charge in [0.25, 0.3) is 0 Å². The van der Waals surface area contributed by atoms with E-state index < -0.39 is 0 Å². The van der Waals surface area contributed by atoms with Crippen LogP contribution in [0.3, 0.4) is 0 Å². The zero-order valence-electron chi connectivity index (χ0n) is 25.8. The maximum absolute atomic E-state index is 8.96. The minimum atomic E-state index is 0.424. The lowest BCUT2D eigenvalue weighted by Gasteiger charge is -2.08. The molecule has 4 aromatic carbocycles. The first-order valence-electron chi connectivity index (χ1n) is 15.7. The van der Waals surface area contributed by atoms with Crippen molar-refractivity contribution in [1.29, 1.82) is 5.26 Å². The van der Waals surface area contributed by atoms with Gasteiger partial charge in [0.05, 0.1) is 32.0 Å². The zero-order chi connectivity index (χ0) is 31.1. The van der Waals surface area contributed by atoms with Gasteiger partial charge in [-0.25, -0.2) is 0 Å². The molecule has 230 valence electrons. The van der Waals surface area contributed by atoms with Gasteiger partial charge in [-0.15, -0.1) is 10.2 Å². The predicted molar refractivity (Wildman–Crippen MR) is 176 cm³/mol. The predicted octanol–water partition coefficient (Wildman–Crippen LogP) is 9.53. The highest BCUT2D eigenvalue weighted by Gasteiger charge is 2.11. The summed E-state index contributed by atoms with van der Waals surface area (Å²) in [4.78, 5) is 0. The molecule has 0 unspecified atom stereocenters. The smallest absolute Gasteiger partial charge is 0.248 e. The first-order chi connectivity index (χ1) is 22.2. The monoisotopic (exact) mass is 601 g/mol. The molecule has 7 heteroatoms. The first kappa shape index (κ1) is 31.3. The number of hydrogen-bond acceptors (Lipinski definition) is 7. The van der Waals surface area contributed by atoms with Crippen molar-refractivity contribution in [2.45, 2.75) is 51.4 Å². The summed E-state index contributed by atoms with van der Waals surface area (Å²) in [6.45, 7) is 1.47. The van der Waals surface area contributed by atoms with Crippen LogP contribution in [-0.4, -0.2) is 30.5 Å². The van der Waals surface area contributed by atoms with Crippen molar-refractivity contribution in [2.75, 3.05) is 20.3 Å². The lowest BCUT2D eigenvalue weighted by molar-refractivity contribution is 0.301. The van der Waals surface area contributed by atoms with E-state index in [9.17, 15) is 0 Å². The van der Waals surface area contributed by atoms with Gasteiger partial charge in [0.1, 0.15) is 17.2 Å².